The molecule has 0 saturated carbocycles. The first-order valence-corrected chi connectivity index (χ1v) is 5.87. The van der Waals surface area contributed by atoms with Crippen molar-refractivity contribution in [2.45, 2.75) is 6.42 Å². The number of methoxy groups -OCH3 is 1. The highest BCUT2D eigenvalue weighted by Gasteiger charge is 2.37. The molecular formula is C7H12N2O6S. The van der Waals surface area contributed by atoms with E-state index in [1.807, 2.05) is 0 Å². The molecule has 0 aromatic carbocycles. The Balaban J connectivity index is 2.44. The SMILES string of the molecule is COC(=O)NS(=O)(=O)N1CC(CC(=O)O)C1. The Bertz CT molecular complexity index is 386. The monoisotopic (exact) mass is 252 g/mol. The lowest BCUT2D eigenvalue weighted by Gasteiger charge is -2.36. The van der Waals surface area contributed by atoms with Gasteiger partial charge in [-0.1, -0.05) is 0 Å². The number of aliphatic carboxylic acids is 1. The van der Waals surface area contributed by atoms with Crippen molar-refractivity contribution >= 4 is 22.3 Å². The summed E-state index contributed by atoms with van der Waals surface area (Å²) >= 11 is 0. The highest BCUT2D eigenvalue weighted by atomic mass is 32.2. The number of rotatable bonds is 4. The van der Waals surface area contributed by atoms with Crippen LogP contribution in [0.25, 0.3) is 0 Å². The number of hydrogen-bond acceptors (Lipinski definition) is 5. The van der Waals surface area contributed by atoms with Gasteiger partial charge in [-0.3, -0.25) is 4.79 Å². The normalized spacial score (nSPS) is 17.6. The fourth-order valence-electron chi connectivity index (χ4n) is 1.31. The molecule has 16 heavy (non-hydrogen) atoms. The smallest absolute Gasteiger partial charge is 0.421 e. The Hall–Kier alpha value is -1.35. The van der Waals surface area contributed by atoms with Crippen molar-refractivity contribution in [2.24, 2.45) is 5.92 Å². The summed E-state index contributed by atoms with van der Waals surface area (Å²) in [6.45, 7) is 0.192. The number of carboxylic acid groups (broad SMARTS) is 1. The van der Waals surface area contributed by atoms with Crippen molar-refractivity contribution in [3.8, 4) is 0 Å². The van der Waals surface area contributed by atoms with E-state index in [-0.39, 0.29) is 25.4 Å². The van der Waals surface area contributed by atoms with Crippen molar-refractivity contribution in [3.05, 3.63) is 0 Å². The van der Waals surface area contributed by atoms with Crippen molar-refractivity contribution in [1.29, 1.82) is 0 Å². The predicted octanol–water partition coefficient (Wildman–Crippen LogP) is -1.01. The number of carbonyl (C=O) groups excluding carboxylic acids is 1. The van der Waals surface area contributed by atoms with Gasteiger partial charge in [0.15, 0.2) is 0 Å². The van der Waals surface area contributed by atoms with Gasteiger partial charge < -0.3 is 9.84 Å². The lowest BCUT2D eigenvalue weighted by molar-refractivity contribution is -0.139. The summed E-state index contributed by atoms with van der Waals surface area (Å²) in [7, 11) is -2.84. The first-order chi connectivity index (χ1) is 7.35. The van der Waals surface area contributed by atoms with E-state index in [1.165, 1.54) is 0 Å². The molecule has 0 aromatic heterocycles. The zero-order valence-corrected chi connectivity index (χ0v) is 9.36. The molecule has 0 aliphatic carbocycles. The number of carboxylic acids is 1. The maximum Gasteiger partial charge on any atom is 0.421 e. The molecule has 9 heteroatoms. The van der Waals surface area contributed by atoms with Crippen LogP contribution in [0.1, 0.15) is 6.42 Å². The lowest BCUT2D eigenvalue weighted by Crippen LogP contribution is -2.55. The van der Waals surface area contributed by atoms with Crippen molar-refractivity contribution in [3.63, 3.8) is 0 Å². The van der Waals surface area contributed by atoms with Gasteiger partial charge in [-0.25, -0.2) is 9.52 Å². The molecule has 92 valence electrons. The summed E-state index contributed by atoms with van der Waals surface area (Å²) in [5.41, 5.74) is 0. The molecule has 2 N–H and O–H groups in total. The van der Waals surface area contributed by atoms with Crippen LogP contribution in [0.3, 0.4) is 0 Å². The third kappa shape index (κ3) is 3.07. The van der Waals surface area contributed by atoms with Crippen LogP contribution in [0.4, 0.5) is 4.79 Å². The molecule has 0 radical (unpaired) electrons. The molecular weight excluding hydrogens is 240 g/mol. The minimum Gasteiger partial charge on any atom is -0.481 e. The number of hydrogen-bond donors (Lipinski definition) is 2. The van der Waals surface area contributed by atoms with E-state index in [0.29, 0.717) is 0 Å². The number of ether oxygens (including phenoxy) is 1. The molecule has 0 aromatic rings. The highest BCUT2D eigenvalue weighted by molar-refractivity contribution is 7.87. The van der Waals surface area contributed by atoms with Crippen LogP contribution < -0.4 is 4.72 Å². The molecule has 1 heterocycles. The molecule has 1 amide bonds. The molecule has 0 atom stereocenters. The number of amides is 1. The fourth-order valence-corrected chi connectivity index (χ4v) is 2.54. The summed E-state index contributed by atoms with van der Waals surface area (Å²) in [5, 5.41) is 8.46. The van der Waals surface area contributed by atoms with E-state index in [1.54, 1.807) is 4.72 Å². The second-order valence-electron chi connectivity index (χ2n) is 3.38. The summed E-state index contributed by atoms with van der Waals surface area (Å²) in [6, 6.07) is 0. The zero-order valence-electron chi connectivity index (χ0n) is 8.54. The summed E-state index contributed by atoms with van der Waals surface area (Å²) in [4.78, 5) is 21.0. The quantitative estimate of drug-likeness (QED) is 0.663. The van der Waals surface area contributed by atoms with Gasteiger partial charge in [0.2, 0.25) is 0 Å². The van der Waals surface area contributed by atoms with E-state index in [2.05, 4.69) is 4.74 Å². The minimum absolute atomic E-state index is 0.0791. The van der Waals surface area contributed by atoms with Gasteiger partial charge in [0.25, 0.3) is 0 Å². The number of nitrogens with one attached hydrogen (secondary N) is 1. The summed E-state index contributed by atoms with van der Waals surface area (Å²) < 4.78 is 29.6. The van der Waals surface area contributed by atoms with Crippen LogP contribution in [0, 0.1) is 5.92 Å². The van der Waals surface area contributed by atoms with Crippen molar-refractivity contribution in [2.75, 3.05) is 20.2 Å². The Morgan fingerprint density at radius 2 is 2.06 bits per heavy atom. The molecule has 1 aliphatic heterocycles. The van der Waals surface area contributed by atoms with E-state index in [9.17, 15) is 18.0 Å². The molecule has 8 nitrogen and oxygen atoms in total. The van der Waals surface area contributed by atoms with E-state index < -0.39 is 22.3 Å². The Morgan fingerprint density at radius 3 is 2.50 bits per heavy atom. The van der Waals surface area contributed by atoms with Gasteiger partial charge in [-0.15, -0.1) is 0 Å². The Labute approximate surface area is 92.4 Å². The van der Waals surface area contributed by atoms with Gasteiger partial charge in [0, 0.05) is 13.1 Å². The average Bonchev–Trinajstić information content (AvgIpc) is 2.09. The second kappa shape index (κ2) is 4.66. The third-order valence-corrected chi connectivity index (χ3v) is 3.53. The highest BCUT2D eigenvalue weighted by Crippen LogP contribution is 2.21. The molecule has 1 saturated heterocycles. The maximum atomic E-state index is 11.4. The fraction of sp³-hybridized carbons (Fsp3) is 0.714. The van der Waals surface area contributed by atoms with Crippen molar-refractivity contribution in [1.82, 2.24) is 9.03 Å². The van der Waals surface area contributed by atoms with Gasteiger partial charge in [-0.05, 0) is 5.92 Å². The van der Waals surface area contributed by atoms with Crippen molar-refractivity contribution < 1.29 is 27.9 Å². The maximum absolute atomic E-state index is 11.4. The first-order valence-electron chi connectivity index (χ1n) is 4.43. The van der Waals surface area contributed by atoms with Gasteiger partial charge in [-0.2, -0.15) is 12.7 Å². The second-order valence-corrected chi connectivity index (χ2v) is 5.05. The van der Waals surface area contributed by atoms with Crippen LogP contribution in [0.2, 0.25) is 0 Å². The van der Waals surface area contributed by atoms with Crippen LogP contribution in [-0.2, 0) is 19.7 Å². The molecule has 1 aliphatic rings. The Morgan fingerprint density at radius 1 is 1.50 bits per heavy atom. The Kier molecular flexibility index (Phi) is 3.70. The van der Waals surface area contributed by atoms with Crippen LogP contribution in [-0.4, -0.2) is 50.1 Å². The molecule has 1 rings (SSSR count). The number of nitrogens with zero attached hydrogens (tertiary/aromatic N) is 1. The van der Waals surface area contributed by atoms with E-state index in [4.69, 9.17) is 5.11 Å². The van der Waals surface area contributed by atoms with Gasteiger partial charge >= 0.3 is 22.3 Å². The molecule has 0 bridgehead atoms. The van der Waals surface area contributed by atoms with Gasteiger partial charge in [0.1, 0.15) is 0 Å². The minimum atomic E-state index is -3.89. The standard InChI is InChI=1S/C7H12N2O6S/c1-15-7(12)8-16(13,14)9-3-5(4-9)2-6(10)11/h5H,2-4H2,1H3,(H,8,12)(H,10,11). The van der Waals surface area contributed by atoms with E-state index in [0.717, 1.165) is 11.4 Å². The predicted molar refractivity (Wildman–Crippen MR) is 51.8 cm³/mol. The van der Waals surface area contributed by atoms with Crippen LogP contribution >= 0.6 is 0 Å². The largest absolute Gasteiger partial charge is 0.481 e. The van der Waals surface area contributed by atoms with E-state index >= 15 is 0 Å². The number of carbonyl (C=O) groups is 2. The first kappa shape index (κ1) is 12.7. The average molecular weight is 252 g/mol. The lowest BCUT2D eigenvalue weighted by atomic mass is 10.00. The summed E-state index contributed by atoms with van der Waals surface area (Å²) in [5.74, 6) is -1.17. The van der Waals surface area contributed by atoms with Crippen LogP contribution in [0.5, 0.6) is 0 Å². The molecule has 0 spiro atoms. The third-order valence-electron chi connectivity index (χ3n) is 2.12. The molecule has 1 fully saturated rings. The zero-order chi connectivity index (χ0) is 12.3. The topological polar surface area (TPSA) is 113 Å². The van der Waals surface area contributed by atoms with Gasteiger partial charge in [0.05, 0.1) is 13.5 Å². The molecule has 0 unspecified atom stereocenters. The summed E-state index contributed by atoms with van der Waals surface area (Å²) in [6.07, 6.45) is -1.15. The van der Waals surface area contributed by atoms with Crippen LogP contribution in [0.15, 0.2) is 0 Å².